The predicted molar refractivity (Wildman–Crippen MR) is 76.5 cm³/mol. The number of nitrogens with one attached hydrogen (secondary N) is 1. The van der Waals surface area contributed by atoms with Crippen LogP contribution < -0.4 is 5.32 Å². The summed E-state index contributed by atoms with van der Waals surface area (Å²) in [7, 11) is 0. The lowest BCUT2D eigenvalue weighted by atomic mass is 9.81. The summed E-state index contributed by atoms with van der Waals surface area (Å²) < 4.78 is 27.2. The molecule has 0 aromatic heterocycles. The van der Waals surface area contributed by atoms with Crippen LogP contribution in [-0.4, -0.2) is 12.6 Å². The van der Waals surface area contributed by atoms with Crippen molar-refractivity contribution in [3.05, 3.63) is 35.4 Å². The lowest BCUT2D eigenvalue weighted by molar-refractivity contribution is 0.247. The molecule has 1 nitrogen and oxygen atoms in total. The Morgan fingerprint density at radius 2 is 2.10 bits per heavy atom. The number of rotatable bonds is 5. The molecule has 4 unspecified atom stereocenters. The van der Waals surface area contributed by atoms with Crippen LogP contribution in [0.4, 0.5) is 8.78 Å². The molecule has 0 spiro atoms. The summed E-state index contributed by atoms with van der Waals surface area (Å²) in [5.74, 6) is 1.68. The summed E-state index contributed by atoms with van der Waals surface area (Å²) in [5, 5.41) is 3.52. The molecule has 0 aliphatic heterocycles. The van der Waals surface area contributed by atoms with Crippen LogP contribution in [0, 0.1) is 29.4 Å². The molecule has 20 heavy (non-hydrogen) atoms. The molecule has 110 valence electrons. The molecule has 3 rings (SSSR count). The SMILES string of the molecule is CCNC(Cc1cc(F)ccc1F)C1CC2CCC1C2. The third-order valence-corrected chi connectivity index (χ3v) is 5.22. The summed E-state index contributed by atoms with van der Waals surface area (Å²) in [5.41, 5.74) is 0.513. The zero-order chi connectivity index (χ0) is 14.1. The van der Waals surface area contributed by atoms with E-state index in [-0.39, 0.29) is 17.7 Å². The minimum atomic E-state index is -0.343. The van der Waals surface area contributed by atoms with Gasteiger partial charge in [0.2, 0.25) is 0 Å². The van der Waals surface area contributed by atoms with E-state index in [0.29, 0.717) is 17.9 Å². The second-order valence-corrected chi connectivity index (χ2v) is 6.44. The summed E-state index contributed by atoms with van der Waals surface area (Å²) in [6.45, 7) is 2.97. The van der Waals surface area contributed by atoms with E-state index < -0.39 is 0 Å². The minimum absolute atomic E-state index is 0.280. The van der Waals surface area contributed by atoms with E-state index in [1.807, 2.05) is 0 Å². The van der Waals surface area contributed by atoms with E-state index in [1.54, 1.807) is 0 Å². The van der Waals surface area contributed by atoms with Crippen molar-refractivity contribution in [1.29, 1.82) is 0 Å². The van der Waals surface area contributed by atoms with Crippen molar-refractivity contribution in [3.63, 3.8) is 0 Å². The average Bonchev–Trinajstić information content (AvgIpc) is 3.05. The van der Waals surface area contributed by atoms with Gasteiger partial charge in [0.05, 0.1) is 0 Å². The molecule has 1 aromatic carbocycles. The van der Waals surface area contributed by atoms with Crippen molar-refractivity contribution in [2.24, 2.45) is 17.8 Å². The fourth-order valence-corrected chi connectivity index (χ4v) is 4.36. The molecule has 4 atom stereocenters. The minimum Gasteiger partial charge on any atom is -0.314 e. The molecule has 2 saturated carbocycles. The van der Waals surface area contributed by atoms with Crippen molar-refractivity contribution in [2.75, 3.05) is 6.54 Å². The Morgan fingerprint density at radius 3 is 2.75 bits per heavy atom. The number of benzene rings is 1. The van der Waals surface area contributed by atoms with Gasteiger partial charge in [-0.25, -0.2) is 8.78 Å². The second kappa shape index (κ2) is 5.80. The first-order valence-electron chi connectivity index (χ1n) is 7.84. The Bertz CT molecular complexity index is 474. The van der Waals surface area contributed by atoms with Gasteiger partial charge >= 0.3 is 0 Å². The maximum atomic E-state index is 13.9. The van der Waals surface area contributed by atoms with E-state index in [4.69, 9.17) is 0 Å². The molecule has 1 aromatic rings. The molecule has 0 saturated heterocycles. The third kappa shape index (κ3) is 2.73. The predicted octanol–water partition coefficient (Wildman–Crippen LogP) is 3.92. The number of hydrogen-bond donors (Lipinski definition) is 1. The van der Waals surface area contributed by atoms with Gasteiger partial charge in [0.25, 0.3) is 0 Å². The molecular weight excluding hydrogens is 256 g/mol. The molecule has 0 heterocycles. The number of likely N-dealkylation sites (N-methyl/N-ethyl adjacent to an activating group) is 1. The highest BCUT2D eigenvalue weighted by Gasteiger charge is 2.42. The molecule has 2 bridgehead atoms. The Balaban J connectivity index is 1.75. The van der Waals surface area contributed by atoms with E-state index >= 15 is 0 Å². The topological polar surface area (TPSA) is 12.0 Å². The fraction of sp³-hybridized carbons (Fsp3) is 0.647. The van der Waals surface area contributed by atoms with Gasteiger partial charge in [0, 0.05) is 6.04 Å². The lowest BCUT2D eigenvalue weighted by Gasteiger charge is -2.31. The van der Waals surface area contributed by atoms with Gasteiger partial charge in [-0.15, -0.1) is 0 Å². The van der Waals surface area contributed by atoms with E-state index in [1.165, 1.54) is 43.9 Å². The number of halogens is 2. The van der Waals surface area contributed by atoms with Crippen molar-refractivity contribution < 1.29 is 8.78 Å². The van der Waals surface area contributed by atoms with Crippen LogP contribution in [0.1, 0.15) is 38.2 Å². The molecule has 1 N–H and O–H groups in total. The van der Waals surface area contributed by atoms with E-state index in [0.717, 1.165) is 18.4 Å². The molecular formula is C17H23F2N. The Morgan fingerprint density at radius 1 is 1.25 bits per heavy atom. The zero-order valence-corrected chi connectivity index (χ0v) is 12.0. The van der Waals surface area contributed by atoms with Gasteiger partial charge in [0.15, 0.2) is 0 Å². The smallest absolute Gasteiger partial charge is 0.126 e. The van der Waals surface area contributed by atoms with Crippen molar-refractivity contribution >= 4 is 0 Å². The zero-order valence-electron chi connectivity index (χ0n) is 12.0. The normalized spacial score (nSPS) is 29.9. The first-order chi connectivity index (χ1) is 9.67. The molecule has 0 amide bonds. The molecule has 3 heteroatoms. The summed E-state index contributed by atoms with van der Waals surface area (Å²) in [4.78, 5) is 0. The highest BCUT2D eigenvalue weighted by atomic mass is 19.1. The Labute approximate surface area is 119 Å². The average molecular weight is 279 g/mol. The summed E-state index contributed by atoms with van der Waals surface area (Å²) in [6.07, 6.45) is 5.90. The molecule has 2 aliphatic carbocycles. The largest absolute Gasteiger partial charge is 0.314 e. The number of fused-ring (bicyclic) bond motifs is 2. The first-order valence-corrected chi connectivity index (χ1v) is 7.84. The first kappa shape index (κ1) is 14.0. The van der Waals surface area contributed by atoms with Gasteiger partial charge < -0.3 is 5.32 Å². The molecule has 2 aliphatic rings. The van der Waals surface area contributed by atoms with Crippen LogP contribution in [0.25, 0.3) is 0 Å². The monoisotopic (exact) mass is 279 g/mol. The van der Waals surface area contributed by atoms with Gasteiger partial charge in [-0.05, 0) is 73.7 Å². The highest BCUT2D eigenvalue weighted by Crippen LogP contribution is 2.49. The van der Waals surface area contributed by atoms with Crippen molar-refractivity contribution in [2.45, 2.75) is 45.1 Å². The van der Waals surface area contributed by atoms with Crippen LogP contribution in [0.15, 0.2) is 18.2 Å². The van der Waals surface area contributed by atoms with E-state index in [9.17, 15) is 8.78 Å². The summed E-state index contributed by atoms with van der Waals surface area (Å²) in [6, 6.07) is 4.08. The standard InChI is InChI=1S/C17H23F2N/c1-2-20-17(15-8-11-3-4-12(15)7-11)10-13-9-14(18)5-6-16(13)19/h5-6,9,11-12,15,17,20H,2-4,7-8,10H2,1H3. The second-order valence-electron chi connectivity index (χ2n) is 6.44. The molecule has 2 fully saturated rings. The Kier molecular flexibility index (Phi) is 4.06. The number of hydrogen-bond acceptors (Lipinski definition) is 1. The maximum absolute atomic E-state index is 13.9. The van der Waals surface area contributed by atoms with Crippen LogP contribution in [-0.2, 0) is 6.42 Å². The summed E-state index contributed by atoms with van der Waals surface area (Å²) >= 11 is 0. The fourth-order valence-electron chi connectivity index (χ4n) is 4.36. The highest BCUT2D eigenvalue weighted by molar-refractivity contribution is 5.20. The Hall–Kier alpha value is -0.960. The van der Waals surface area contributed by atoms with Crippen LogP contribution in [0.2, 0.25) is 0 Å². The van der Waals surface area contributed by atoms with Crippen LogP contribution in [0.5, 0.6) is 0 Å². The maximum Gasteiger partial charge on any atom is 0.126 e. The molecule has 0 radical (unpaired) electrons. The third-order valence-electron chi connectivity index (χ3n) is 5.22. The quantitative estimate of drug-likeness (QED) is 0.861. The van der Waals surface area contributed by atoms with Gasteiger partial charge in [-0.3, -0.25) is 0 Å². The lowest BCUT2D eigenvalue weighted by Crippen LogP contribution is -2.40. The van der Waals surface area contributed by atoms with Crippen LogP contribution in [0.3, 0.4) is 0 Å². The van der Waals surface area contributed by atoms with Gasteiger partial charge in [-0.2, -0.15) is 0 Å². The van der Waals surface area contributed by atoms with E-state index in [2.05, 4.69) is 12.2 Å². The van der Waals surface area contributed by atoms with Crippen LogP contribution >= 0.6 is 0 Å². The van der Waals surface area contributed by atoms with Crippen molar-refractivity contribution in [1.82, 2.24) is 5.32 Å². The van der Waals surface area contributed by atoms with Gasteiger partial charge in [0.1, 0.15) is 11.6 Å². The van der Waals surface area contributed by atoms with Gasteiger partial charge in [-0.1, -0.05) is 13.3 Å². The van der Waals surface area contributed by atoms with Crippen molar-refractivity contribution in [3.8, 4) is 0 Å².